The molecule has 0 aliphatic heterocycles. The van der Waals surface area contributed by atoms with Crippen molar-refractivity contribution in [3.05, 3.63) is 59.9 Å². The summed E-state index contributed by atoms with van der Waals surface area (Å²) in [5.74, 6) is 1.48. The first-order chi connectivity index (χ1) is 11.2. The molecule has 0 unspecified atom stereocenters. The van der Waals surface area contributed by atoms with Crippen molar-refractivity contribution < 1.29 is 4.74 Å². The number of hydrazone groups is 1. The molecule has 2 aromatic heterocycles. The van der Waals surface area contributed by atoms with Gasteiger partial charge in [0.05, 0.1) is 24.0 Å². The van der Waals surface area contributed by atoms with E-state index in [0.717, 1.165) is 33.6 Å². The summed E-state index contributed by atoms with van der Waals surface area (Å²) in [6.07, 6.45) is 1.75. The number of aromatic nitrogens is 2. The molecule has 0 spiro atoms. The standard InChI is InChI=1S/C18H18N4O/c1-12-10-18(20-17-11-14(23-3)7-8-15(12)17)22-21-13(2)16-6-4-5-9-19-16/h4-11H,1-3H3,(H,20,22). The van der Waals surface area contributed by atoms with Gasteiger partial charge < -0.3 is 4.74 Å². The summed E-state index contributed by atoms with van der Waals surface area (Å²) in [5, 5.41) is 5.46. The highest BCUT2D eigenvalue weighted by Crippen LogP contribution is 2.24. The van der Waals surface area contributed by atoms with E-state index in [1.54, 1.807) is 13.3 Å². The molecule has 0 atom stereocenters. The first-order valence-electron chi connectivity index (χ1n) is 7.34. The Labute approximate surface area is 135 Å². The molecule has 0 amide bonds. The van der Waals surface area contributed by atoms with E-state index < -0.39 is 0 Å². The van der Waals surface area contributed by atoms with Gasteiger partial charge in [-0.2, -0.15) is 5.10 Å². The molecule has 0 fully saturated rings. The topological polar surface area (TPSA) is 59.4 Å². The van der Waals surface area contributed by atoms with Gasteiger partial charge in [-0.1, -0.05) is 6.07 Å². The molecule has 5 heteroatoms. The monoisotopic (exact) mass is 306 g/mol. The summed E-state index contributed by atoms with van der Waals surface area (Å²) in [4.78, 5) is 8.87. The van der Waals surface area contributed by atoms with Crippen molar-refractivity contribution in [2.75, 3.05) is 12.5 Å². The minimum atomic E-state index is 0.693. The zero-order valence-corrected chi connectivity index (χ0v) is 13.4. The number of nitrogens with one attached hydrogen (secondary N) is 1. The molecule has 0 radical (unpaired) electrons. The third kappa shape index (κ3) is 3.29. The van der Waals surface area contributed by atoms with Crippen LogP contribution in [-0.4, -0.2) is 22.8 Å². The van der Waals surface area contributed by atoms with Crippen molar-refractivity contribution in [2.24, 2.45) is 5.10 Å². The van der Waals surface area contributed by atoms with Crippen molar-refractivity contribution in [1.29, 1.82) is 0 Å². The van der Waals surface area contributed by atoms with E-state index in [1.807, 2.05) is 49.4 Å². The van der Waals surface area contributed by atoms with Gasteiger partial charge >= 0.3 is 0 Å². The molecular weight excluding hydrogens is 288 g/mol. The lowest BCUT2D eigenvalue weighted by atomic mass is 10.1. The highest BCUT2D eigenvalue weighted by atomic mass is 16.5. The van der Waals surface area contributed by atoms with E-state index in [4.69, 9.17) is 4.74 Å². The van der Waals surface area contributed by atoms with Gasteiger partial charge in [0.15, 0.2) is 0 Å². The SMILES string of the molecule is COc1ccc2c(C)cc(NN=C(C)c3ccccn3)nc2c1. The van der Waals surface area contributed by atoms with Crippen LogP contribution in [0, 0.1) is 6.92 Å². The Bertz CT molecular complexity index is 860. The van der Waals surface area contributed by atoms with Crippen LogP contribution < -0.4 is 10.2 Å². The molecule has 5 nitrogen and oxygen atoms in total. The van der Waals surface area contributed by atoms with Crippen molar-refractivity contribution in [3.63, 3.8) is 0 Å². The summed E-state index contributed by atoms with van der Waals surface area (Å²) in [7, 11) is 1.65. The minimum Gasteiger partial charge on any atom is -0.497 e. The fourth-order valence-electron chi connectivity index (χ4n) is 2.34. The number of hydrogen-bond acceptors (Lipinski definition) is 5. The molecular formula is C18H18N4O. The number of rotatable bonds is 4. The molecule has 0 aliphatic carbocycles. The van der Waals surface area contributed by atoms with E-state index in [0.29, 0.717) is 5.82 Å². The maximum Gasteiger partial charge on any atom is 0.147 e. The van der Waals surface area contributed by atoms with Gasteiger partial charge in [-0.15, -0.1) is 0 Å². The highest BCUT2D eigenvalue weighted by molar-refractivity contribution is 5.97. The van der Waals surface area contributed by atoms with Gasteiger partial charge in [-0.05, 0) is 49.7 Å². The summed E-state index contributed by atoms with van der Waals surface area (Å²) in [5.41, 5.74) is 6.65. The Morgan fingerprint density at radius 1 is 1.17 bits per heavy atom. The van der Waals surface area contributed by atoms with Crippen LogP contribution in [0.4, 0.5) is 5.82 Å². The molecule has 23 heavy (non-hydrogen) atoms. The fourth-order valence-corrected chi connectivity index (χ4v) is 2.34. The predicted octanol–water partition coefficient (Wildman–Crippen LogP) is 3.78. The number of methoxy groups -OCH3 is 1. The summed E-state index contributed by atoms with van der Waals surface area (Å²) < 4.78 is 5.26. The van der Waals surface area contributed by atoms with Crippen molar-refractivity contribution in [2.45, 2.75) is 13.8 Å². The van der Waals surface area contributed by atoms with Crippen molar-refractivity contribution in [1.82, 2.24) is 9.97 Å². The van der Waals surface area contributed by atoms with Crippen LogP contribution >= 0.6 is 0 Å². The van der Waals surface area contributed by atoms with E-state index in [2.05, 4.69) is 27.4 Å². The third-order valence-corrected chi connectivity index (χ3v) is 3.60. The number of aryl methyl sites for hydroxylation is 1. The molecule has 3 rings (SSSR count). The van der Waals surface area contributed by atoms with Crippen LogP contribution in [0.3, 0.4) is 0 Å². The zero-order chi connectivity index (χ0) is 16.2. The van der Waals surface area contributed by atoms with Crippen LogP contribution in [0.5, 0.6) is 5.75 Å². The van der Waals surface area contributed by atoms with Crippen LogP contribution in [0.1, 0.15) is 18.2 Å². The Morgan fingerprint density at radius 3 is 2.78 bits per heavy atom. The van der Waals surface area contributed by atoms with Crippen LogP contribution in [0.15, 0.2) is 53.8 Å². The molecule has 1 aromatic carbocycles. The number of pyridine rings is 2. The Hall–Kier alpha value is -2.95. The summed E-state index contributed by atoms with van der Waals surface area (Å²) in [6.45, 7) is 3.96. The lowest BCUT2D eigenvalue weighted by Gasteiger charge is -2.08. The molecule has 0 aliphatic rings. The number of fused-ring (bicyclic) bond motifs is 1. The number of nitrogens with zero attached hydrogens (tertiary/aromatic N) is 3. The largest absolute Gasteiger partial charge is 0.497 e. The van der Waals surface area contributed by atoms with Gasteiger partial charge in [-0.25, -0.2) is 4.98 Å². The van der Waals surface area contributed by atoms with E-state index in [1.165, 1.54) is 0 Å². The van der Waals surface area contributed by atoms with Crippen molar-refractivity contribution in [3.8, 4) is 5.75 Å². The van der Waals surface area contributed by atoms with Crippen molar-refractivity contribution >= 4 is 22.4 Å². The molecule has 2 heterocycles. The minimum absolute atomic E-state index is 0.693. The molecule has 0 bridgehead atoms. The molecule has 0 saturated heterocycles. The smallest absolute Gasteiger partial charge is 0.147 e. The molecule has 3 aromatic rings. The maximum absolute atomic E-state index is 5.26. The second-order valence-electron chi connectivity index (χ2n) is 5.23. The first kappa shape index (κ1) is 15.0. The predicted molar refractivity (Wildman–Crippen MR) is 93.1 cm³/mol. The van der Waals surface area contributed by atoms with Gasteiger partial charge in [-0.3, -0.25) is 10.4 Å². The highest BCUT2D eigenvalue weighted by Gasteiger charge is 2.04. The molecule has 1 N–H and O–H groups in total. The first-order valence-corrected chi connectivity index (χ1v) is 7.34. The Balaban J connectivity index is 1.91. The average molecular weight is 306 g/mol. The number of hydrogen-bond donors (Lipinski definition) is 1. The van der Waals surface area contributed by atoms with E-state index >= 15 is 0 Å². The molecule has 0 saturated carbocycles. The quantitative estimate of drug-likeness (QED) is 0.588. The number of ether oxygens (including phenoxy) is 1. The second kappa shape index (κ2) is 6.44. The van der Waals surface area contributed by atoms with E-state index in [-0.39, 0.29) is 0 Å². The Morgan fingerprint density at radius 2 is 2.04 bits per heavy atom. The lowest BCUT2D eigenvalue weighted by molar-refractivity contribution is 0.415. The third-order valence-electron chi connectivity index (χ3n) is 3.60. The fraction of sp³-hybridized carbons (Fsp3) is 0.167. The second-order valence-corrected chi connectivity index (χ2v) is 5.23. The summed E-state index contributed by atoms with van der Waals surface area (Å²) >= 11 is 0. The lowest BCUT2D eigenvalue weighted by Crippen LogP contribution is -2.03. The zero-order valence-electron chi connectivity index (χ0n) is 13.4. The van der Waals surface area contributed by atoms with Gasteiger partial charge in [0, 0.05) is 17.6 Å². The van der Waals surface area contributed by atoms with Crippen LogP contribution in [0.2, 0.25) is 0 Å². The normalized spacial score (nSPS) is 11.5. The number of anilines is 1. The number of benzene rings is 1. The maximum atomic E-state index is 5.26. The van der Waals surface area contributed by atoms with Crippen LogP contribution in [-0.2, 0) is 0 Å². The Kier molecular flexibility index (Phi) is 4.19. The van der Waals surface area contributed by atoms with E-state index in [9.17, 15) is 0 Å². The van der Waals surface area contributed by atoms with Gasteiger partial charge in [0.2, 0.25) is 0 Å². The average Bonchev–Trinajstić information content (AvgIpc) is 2.60. The van der Waals surface area contributed by atoms with Gasteiger partial charge in [0.25, 0.3) is 0 Å². The van der Waals surface area contributed by atoms with Gasteiger partial charge in [0.1, 0.15) is 11.6 Å². The summed E-state index contributed by atoms with van der Waals surface area (Å²) in [6, 6.07) is 13.6. The van der Waals surface area contributed by atoms with Crippen LogP contribution in [0.25, 0.3) is 10.9 Å². The molecule has 116 valence electrons.